The maximum atomic E-state index is 5.88. The van der Waals surface area contributed by atoms with E-state index >= 15 is 0 Å². The molecule has 0 radical (unpaired) electrons. The molecule has 0 aromatic carbocycles. The quantitative estimate of drug-likeness (QED) is 0.391. The summed E-state index contributed by atoms with van der Waals surface area (Å²) in [5.74, 6) is -0.256. The Balaban J connectivity index is 0.000000509. The lowest BCUT2D eigenvalue weighted by Gasteiger charge is -2.33. The van der Waals surface area contributed by atoms with Crippen molar-refractivity contribution in [2.75, 3.05) is 13.2 Å². The summed E-state index contributed by atoms with van der Waals surface area (Å²) >= 11 is 1.80. The predicted molar refractivity (Wildman–Crippen MR) is 111 cm³/mol. The van der Waals surface area contributed by atoms with E-state index in [2.05, 4.69) is 40.6 Å². The number of hydrogen-bond donors (Lipinski definition) is 0. The summed E-state index contributed by atoms with van der Waals surface area (Å²) < 4.78 is 11.8. The molecular formula is C18H34BrO2PS. The van der Waals surface area contributed by atoms with Crippen LogP contribution in [0, 0.1) is 0 Å². The topological polar surface area (TPSA) is 18.5 Å². The van der Waals surface area contributed by atoms with Crippen LogP contribution in [0.15, 0.2) is 17.5 Å². The third-order valence-electron chi connectivity index (χ3n) is 3.96. The molecule has 1 aromatic rings. The van der Waals surface area contributed by atoms with Gasteiger partial charge in [0, 0.05) is 30.9 Å². The molecule has 0 N–H and O–H groups in total. The first-order valence-corrected chi connectivity index (χ1v) is 10.5. The molecule has 1 unspecified atom stereocenters. The molecule has 1 saturated carbocycles. The molecule has 23 heavy (non-hydrogen) atoms. The smallest absolute Gasteiger partial charge is 0.168 e. The highest BCUT2D eigenvalue weighted by atomic mass is 79.9. The van der Waals surface area contributed by atoms with Gasteiger partial charge in [0.2, 0.25) is 0 Å². The minimum absolute atomic E-state index is 0. The lowest BCUT2D eigenvalue weighted by Crippen LogP contribution is -2.36. The fourth-order valence-corrected chi connectivity index (χ4v) is 3.92. The lowest BCUT2D eigenvalue weighted by atomic mass is 10.0. The van der Waals surface area contributed by atoms with Crippen LogP contribution in [0.4, 0.5) is 0 Å². The standard InChI is InChI=1S/C13H26O2.C5H7PS.BrH/c1-3-14-13(15-4-2)11-9-7-5-6-8-10-12-13;6-4-5-2-1-3-7-5;/h3-12H2,1-2H3;1-3H,4,6H2;1H. The second-order valence-electron chi connectivity index (χ2n) is 5.68. The Morgan fingerprint density at radius 3 is 1.87 bits per heavy atom. The Bertz CT molecular complexity index is 342. The molecule has 0 bridgehead atoms. The zero-order chi connectivity index (χ0) is 16.1. The Kier molecular flexibility index (Phi) is 15.2. The molecule has 1 atom stereocenters. The Morgan fingerprint density at radius 1 is 1.00 bits per heavy atom. The minimum Gasteiger partial charge on any atom is -0.350 e. The van der Waals surface area contributed by atoms with E-state index in [0.29, 0.717) is 0 Å². The first-order valence-electron chi connectivity index (χ1n) is 8.76. The van der Waals surface area contributed by atoms with Gasteiger partial charge in [0.15, 0.2) is 5.79 Å². The monoisotopic (exact) mass is 424 g/mol. The van der Waals surface area contributed by atoms with Crippen LogP contribution in [-0.2, 0) is 15.6 Å². The van der Waals surface area contributed by atoms with Crippen molar-refractivity contribution >= 4 is 37.6 Å². The largest absolute Gasteiger partial charge is 0.350 e. The first kappa shape index (κ1) is 23.5. The lowest BCUT2D eigenvalue weighted by molar-refractivity contribution is -0.241. The molecule has 2 nitrogen and oxygen atoms in total. The van der Waals surface area contributed by atoms with Gasteiger partial charge in [-0.15, -0.1) is 37.6 Å². The third-order valence-corrected chi connectivity index (χ3v) is 5.60. The number of hydrogen-bond acceptors (Lipinski definition) is 3. The molecule has 1 aromatic heterocycles. The summed E-state index contributed by atoms with van der Waals surface area (Å²) in [6.07, 6.45) is 11.2. The SMILES string of the molecule is Br.CCOC1(OCC)CCCCCCCC1.PCc1cccs1. The summed E-state index contributed by atoms with van der Waals surface area (Å²) in [5, 5.41) is 2.10. The van der Waals surface area contributed by atoms with Crippen molar-refractivity contribution in [3.63, 3.8) is 0 Å². The van der Waals surface area contributed by atoms with Crippen LogP contribution in [0.3, 0.4) is 0 Å². The van der Waals surface area contributed by atoms with E-state index in [0.717, 1.165) is 32.2 Å². The van der Waals surface area contributed by atoms with Gasteiger partial charge in [-0.1, -0.05) is 31.7 Å². The highest BCUT2D eigenvalue weighted by Gasteiger charge is 2.30. The van der Waals surface area contributed by atoms with E-state index in [-0.39, 0.29) is 22.8 Å². The molecule has 0 saturated heterocycles. The molecule has 0 aliphatic heterocycles. The van der Waals surface area contributed by atoms with Crippen molar-refractivity contribution in [2.45, 2.75) is 77.2 Å². The van der Waals surface area contributed by atoms with Gasteiger partial charge in [-0.3, -0.25) is 0 Å². The van der Waals surface area contributed by atoms with E-state index < -0.39 is 0 Å². The molecule has 136 valence electrons. The highest BCUT2D eigenvalue weighted by Crippen LogP contribution is 2.30. The molecule has 0 amide bonds. The van der Waals surface area contributed by atoms with Gasteiger partial charge in [-0.25, -0.2) is 0 Å². The Hall–Kier alpha value is 0.530. The van der Waals surface area contributed by atoms with Crippen LogP contribution in [0.5, 0.6) is 0 Å². The van der Waals surface area contributed by atoms with Gasteiger partial charge in [0.05, 0.1) is 0 Å². The third kappa shape index (κ3) is 10.2. The molecule has 2 rings (SSSR count). The maximum Gasteiger partial charge on any atom is 0.168 e. The van der Waals surface area contributed by atoms with Crippen LogP contribution in [0.25, 0.3) is 0 Å². The number of thiophene rings is 1. The molecular weight excluding hydrogens is 391 g/mol. The van der Waals surface area contributed by atoms with Gasteiger partial charge in [-0.2, -0.15) is 0 Å². The second-order valence-corrected chi connectivity index (χ2v) is 7.12. The average molecular weight is 425 g/mol. The molecule has 1 fully saturated rings. The van der Waals surface area contributed by atoms with E-state index in [4.69, 9.17) is 9.47 Å². The maximum absolute atomic E-state index is 5.88. The molecule has 1 heterocycles. The van der Waals surface area contributed by atoms with Crippen LogP contribution in [0.2, 0.25) is 0 Å². The van der Waals surface area contributed by atoms with Gasteiger partial charge < -0.3 is 9.47 Å². The van der Waals surface area contributed by atoms with Crippen molar-refractivity contribution in [2.24, 2.45) is 0 Å². The van der Waals surface area contributed by atoms with E-state index in [9.17, 15) is 0 Å². The Morgan fingerprint density at radius 2 is 1.52 bits per heavy atom. The summed E-state index contributed by atoms with van der Waals surface area (Å²) in [6, 6.07) is 4.21. The summed E-state index contributed by atoms with van der Waals surface area (Å²) in [4.78, 5) is 1.44. The van der Waals surface area contributed by atoms with Crippen molar-refractivity contribution in [3.8, 4) is 0 Å². The number of halogens is 1. The van der Waals surface area contributed by atoms with Crippen molar-refractivity contribution in [1.29, 1.82) is 0 Å². The fraction of sp³-hybridized carbons (Fsp3) is 0.778. The fourth-order valence-electron chi connectivity index (χ4n) is 2.91. The molecule has 5 heteroatoms. The van der Waals surface area contributed by atoms with E-state index in [1.54, 1.807) is 11.3 Å². The summed E-state index contributed by atoms with van der Waals surface area (Å²) in [7, 11) is 2.69. The van der Waals surface area contributed by atoms with Gasteiger partial charge in [0.25, 0.3) is 0 Å². The second kappa shape index (κ2) is 14.8. The van der Waals surface area contributed by atoms with Gasteiger partial charge in [-0.05, 0) is 44.3 Å². The van der Waals surface area contributed by atoms with Gasteiger partial charge in [0.1, 0.15) is 0 Å². The zero-order valence-corrected chi connectivity index (χ0v) is 18.4. The van der Waals surface area contributed by atoms with Crippen molar-refractivity contribution in [3.05, 3.63) is 22.4 Å². The van der Waals surface area contributed by atoms with Crippen LogP contribution >= 0.6 is 37.6 Å². The van der Waals surface area contributed by atoms with E-state index in [1.807, 2.05) is 0 Å². The average Bonchev–Trinajstić information content (AvgIpc) is 3.06. The van der Waals surface area contributed by atoms with Gasteiger partial charge >= 0.3 is 0 Å². The highest BCUT2D eigenvalue weighted by molar-refractivity contribution is 8.93. The minimum atomic E-state index is -0.256. The molecule has 0 spiro atoms. The predicted octanol–water partition coefficient (Wildman–Crippen LogP) is 6.59. The molecule has 1 aliphatic rings. The normalized spacial score (nSPS) is 17.7. The Labute approximate surface area is 159 Å². The number of ether oxygens (including phenoxy) is 2. The first-order chi connectivity index (χ1) is 10.8. The number of rotatable bonds is 5. The van der Waals surface area contributed by atoms with Crippen LogP contribution in [0.1, 0.15) is 70.1 Å². The van der Waals surface area contributed by atoms with Crippen molar-refractivity contribution in [1.82, 2.24) is 0 Å². The summed E-state index contributed by atoms with van der Waals surface area (Å²) in [5.41, 5.74) is 0. The van der Waals surface area contributed by atoms with Crippen LogP contribution in [-0.4, -0.2) is 19.0 Å². The van der Waals surface area contributed by atoms with E-state index in [1.165, 1.54) is 43.4 Å². The summed E-state index contributed by atoms with van der Waals surface area (Å²) in [6.45, 7) is 5.65. The zero-order valence-electron chi connectivity index (χ0n) is 14.7. The van der Waals surface area contributed by atoms with Crippen molar-refractivity contribution < 1.29 is 9.47 Å². The van der Waals surface area contributed by atoms with Crippen LogP contribution < -0.4 is 0 Å². The molecule has 1 aliphatic carbocycles.